The molecule has 0 bridgehead atoms. The quantitative estimate of drug-likeness (QED) is 0.375. The van der Waals surface area contributed by atoms with Crippen LogP contribution >= 0.6 is 0 Å². The molecule has 13 heavy (non-hydrogen) atoms. The maximum atomic E-state index is 8.62. The summed E-state index contributed by atoms with van der Waals surface area (Å²) in [5.74, 6) is 0. The standard InChI is InChI=1S/C8H19NO4/c1-2-11-3-4-12-5-6-13-7-8(9)10/h8,10H,2-7,9H2,1H3. The second-order valence-electron chi connectivity index (χ2n) is 2.45. The van der Waals surface area contributed by atoms with Gasteiger partial charge in [0, 0.05) is 6.61 Å². The van der Waals surface area contributed by atoms with E-state index in [0.717, 1.165) is 0 Å². The number of aliphatic hydroxyl groups is 1. The van der Waals surface area contributed by atoms with Crippen LogP contribution in [0.15, 0.2) is 0 Å². The van der Waals surface area contributed by atoms with Crippen LogP contribution in [-0.4, -0.2) is 51.0 Å². The van der Waals surface area contributed by atoms with Crippen LogP contribution < -0.4 is 5.73 Å². The second-order valence-corrected chi connectivity index (χ2v) is 2.45. The Morgan fingerprint density at radius 3 is 2.15 bits per heavy atom. The molecule has 0 aromatic rings. The average molecular weight is 193 g/mol. The van der Waals surface area contributed by atoms with Crippen LogP contribution in [0.1, 0.15) is 6.92 Å². The van der Waals surface area contributed by atoms with E-state index in [1.165, 1.54) is 0 Å². The van der Waals surface area contributed by atoms with Crippen molar-refractivity contribution in [2.45, 2.75) is 13.2 Å². The molecule has 0 aliphatic heterocycles. The molecular weight excluding hydrogens is 174 g/mol. The van der Waals surface area contributed by atoms with E-state index in [0.29, 0.717) is 33.0 Å². The molecule has 0 saturated carbocycles. The largest absolute Gasteiger partial charge is 0.379 e. The summed E-state index contributed by atoms with van der Waals surface area (Å²) < 4.78 is 15.2. The molecule has 0 aromatic carbocycles. The minimum absolute atomic E-state index is 0.148. The topological polar surface area (TPSA) is 73.9 Å². The Kier molecular flexibility index (Phi) is 9.73. The van der Waals surface area contributed by atoms with Crippen molar-refractivity contribution in [1.29, 1.82) is 0 Å². The van der Waals surface area contributed by atoms with Gasteiger partial charge >= 0.3 is 0 Å². The van der Waals surface area contributed by atoms with Crippen molar-refractivity contribution >= 4 is 0 Å². The summed E-state index contributed by atoms with van der Waals surface area (Å²) in [4.78, 5) is 0. The minimum Gasteiger partial charge on any atom is -0.379 e. The van der Waals surface area contributed by atoms with E-state index in [-0.39, 0.29) is 6.61 Å². The number of hydrogen-bond acceptors (Lipinski definition) is 5. The molecule has 80 valence electrons. The summed E-state index contributed by atoms with van der Waals surface area (Å²) >= 11 is 0. The van der Waals surface area contributed by atoms with E-state index < -0.39 is 6.23 Å². The summed E-state index contributed by atoms with van der Waals surface area (Å²) in [5, 5.41) is 8.62. The average Bonchev–Trinajstić information content (AvgIpc) is 2.09. The first kappa shape index (κ1) is 12.8. The molecule has 1 atom stereocenters. The molecule has 0 heterocycles. The highest BCUT2D eigenvalue weighted by Crippen LogP contribution is 1.81. The molecular formula is C8H19NO4. The first-order chi connectivity index (χ1) is 6.27. The van der Waals surface area contributed by atoms with Gasteiger partial charge < -0.3 is 25.1 Å². The number of hydrogen-bond donors (Lipinski definition) is 2. The molecule has 1 unspecified atom stereocenters. The van der Waals surface area contributed by atoms with Gasteiger partial charge in [0.25, 0.3) is 0 Å². The Balaban J connectivity index is 2.84. The lowest BCUT2D eigenvalue weighted by molar-refractivity contribution is -0.00716. The fourth-order valence-electron chi connectivity index (χ4n) is 0.686. The first-order valence-corrected chi connectivity index (χ1v) is 4.44. The zero-order chi connectivity index (χ0) is 9.94. The molecule has 0 amide bonds. The summed E-state index contributed by atoms with van der Waals surface area (Å²) in [6.07, 6.45) is -0.900. The van der Waals surface area contributed by atoms with Crippen molar-refractivity contribution < 1.29 is 19.3 Å². The highest BCUT2D eigenvalue weighted by Gasteiger charge is 1.94. The Hall–Kier alpha value is -0.200. The van der Waals surface area contributed by atoms with Gasteiger partial charge in [0.05, 0.1) is 33.0 Å². The van der Waals surface area contributed by atoms with E-state index in [1.54, 1.807) is 0 Å². The molecule has 0 radical (unpaired) electrons. The highest BCUT2D eigenvalue weighted by molar-refractivity contribution is 4.39. The van der Waals surface area contributed by atoms with Crippen LogP contribution in [0, 0.1) is 0 Å². The molecule has 3 N–H and O–H groups in total. The Morgan fingerprint density at radius 1 is 1.08 bits per heavy atom. The normalized spacial score (nSPS) is 13.2. The van der Waals surface area contributed by atoms with Crippen LogP contribution in [0.2, 0.25) is 0 Å². The van der Waals surface area contributed by atoms with Gasteiger partial charge in [-0.3, -0.25) is 0 Å². The Labute approximate surface area is 78.8 Å². The molecule has 0 fully saturated rings. The lowest BCUT2D eigenvalue weighted by Crippen LogP contribution is -2.26. The molecule has 0 spiro atoms. The summed E-state index contributed by atoms with van der Waals surface area (Å²) in [5.41, 5.74) is 5.04. The van der Waals surface area contributed by atoms with Gasteiger partial charge in [0.2, 0.25) is 0 Å². The summed E-state index contributed by atoms with van der Waals surface area (Å²) in [6, 6.07) is 0. The van der Waals surface area contributed by atoms with Crippen molar-refractivity contribution in [3.8, 4) is 0 Å². The number of nitrogens with two attached hydrogens (primary N) is 1. The molecule has 0 aliphatic carbocycles. The summed E-state index contributed by atoms with van der Waals surface area (Å²) in [6.45, 7) is 4.92. The third-order valence-corrected chi connectivity index (χ3v) is 1.24. The van der Waals surface area contributed by atoms with Gasteiger partial charge in [-0.25, -0.2) is 0 Å². The molecule has 0 rings (SSSR count). The smallest absolute Gasteiger partial charge is 0.126 e. The zero-order valence-corrected chi connectivity index (χ0v) is 8.07. The fourth-order valence-corrected chi connectivity index (χ4v) is 0.686. The van der Waals surface area contributed by atoms with E-state index in [2.05, 4.69) is 0 Å². The molecule has 0 aliphatic rings. The van der Waals surface area contributed by atoms with Crippen molar-refractivity contribution in [3.63, 3.8) is 0 Å². The number of rotatable bonds is 9. The predicted molar refractivity (Wildman–Crippen MR) is 48.3 cm³/mol. The van der Waals surface area contributed by atoms with Gasteiger partial charge in [-0.1, -0.05) is 0 Å². The molecule has 5 heteroatoms. The van der Waals surface area contributed by atoms with Crippen LogP contribution in [0.5, 0.6) is 0 Å². The van der Waals surface area contributed by atoms with Crippen LogP contribution in [-0.2, 0) is 14.2 Å². The van der Waals surface area contributed by atoms with E-state index in [9.17, 15) is 0 Å². The first-order valence-electron chi connectivity index (χ1n) is 4.44. The predicted octanol–water partition coefficient (Wildman–Crippen LogP) is -0.667. The maximum absolute atomic E-state index is 8.62. The number of ether oxygens (including phenoxy) is 3. The Morgan fingerprint density at radius 2 is 1.62 bits per heavy atom. The molecule has 0 aromatic heterocycles. The van der Waals surface area contributed by atoms with Crippen LogP contribution in [0.3, 0.4) is 0 Å². The van der Waals surface area contributed by atoms with Gasteiger partial charge in [0.15, 0.2) is 0 Å². The van der Waals surface area contributed by atoms with Crippen LogP contribution in [0.25, 0.3) is 0 Å². The Bertz CT molecular complexity index is 100. The SMILES string of the molecule is CCOCCOCCOCC(N)O. The zero-order valence-electron chi connectivity index (χ0n) is 8.07. The van der Waals surface area contributed by atoms with E-state index in [1.807, 2.05) is 6.92 Å². The molecule has 5 nitrogen and oxygen atoms in total. The van der Waals surface area contributed by atoms with Gasteiger partial charge in [0.1, 0.15) is 6.23 Å². The van der Waals surface area contributed by atoms with Crippen molar-refractivity contribution in [3.05, 3.63) is 0 Å². The third kappa shape index (κ3) is 11.8. The van der Waals surface area contributed by atoms with Crippen molar-refractivity contribution in [2.24, 2.45) is 5.73 Å². The van der Waals surface area contributed by atoms with Gasteiger partial charge in [-0.2, -0.15) is 0 Å². The minimum atomic E-state index is -0.900. The lowest BCUT2D eigenvalue weighted by Gasteiger charge is -2.06. The van der Waals surface area contributed by atoms with Gasteiger partial charge in [-0.15, -0.1) is 0 Å². The highest BCUT2D eigenvalue weighted by atomic mass is 16.5. The van der Waals surface area contributed by atoms with E-state index >= 15 is 0 Å². The molecule has 0 saturated heterocycles. The van der Waals surface area contributed by atoms with Crippen LogP contribution in [0.4, 0.5) is 0 Å². The maximum Gasteiger partial charge on any atom is 0.126 e. The summed E-state index contributed by atoms with van der Waals surface area (Å²) in [7, 11) is 0. The lowest BCUT2D eigenvalue weighted by atomic mass is 10.6. The van der Waals surface area contributed by atoms with Crippen molar-refractivity contribution in [2.75, 3.05) is 39.6 Å². The monoisotopic (exact) mass is 193 g/mol. The van der Waals surface area contributed by atoms with Crippen molar-refractivity contribution in [1.82, 2.24) is 0 Å². The fraction of sp³-hybridized carbons (Fsp3) is 1.00. The van der Waals surface area contributed by atoms with E-state index in [4.69, 9.17) is 25.1 Å². The second kappa shape index (κ2) is 9.88. The third-order valence-electron chi connectivity index (χ3n) is 1.24. The number of aliphatic hydroxyl groups excluding tert-OH is 1. The van der Waals surface area contributed by atoms with Gasteiger partial charge in [-0.05, 0) is 6.92 Å².